The fraction of sp³-hybridized carbons (Fsp3) is 0.125. The van der Waals surface area contributed by atoms with Gasteiger partial charge in [-0.25, -0.2) is 0 Å². The maximum absolute atomic E-state index is 12.6. The summed E-state index contributed by atoms with van der Waals surface area (Å²) in [4.78, 5) is 12.6. The lowest BCUT2D eigenvalue weighted by Gasteiger charge is -2.12. The van der Waals surface area contributed by atoms with Gasteiger partial charge >= 0.3 is 0 Å². The van der Waals surface area contributed by atoms with E-state index in [2.05, 4.69) is 0 Å². The molecule has 3 nitrogen and oxygen atoms in total. The monoisotopic (exact) mass is 319 g/mol. The summed E-state index contributed by atoms with van der Waals surface area (Å²) in [5, 5.41) is 9.82. The highest BCUT2D eigenvalue weighted by atomic mass is 35.5. The van der Waals surface area contributed by atoms with Crippen LogP contribution in [-0.2, 0) is 0 Å². The molecular weight excluding hydrogens is 309 g/mol. The van der Waals surface area contributed by atoms with E-state index in [4.69, 9.17) is 27.9 Å². The number of benzene rings is 2. The van der Waals surface area contributed by atoms with Crippen molar-refractivity contribution in [2.24, 2.45) is 0 Å². The van der Waals surface area contributed by atoms with Crippen LogP contribution in [0.3, 0.4) is 0 Å². The van der Waals surface area contributed by atoms with E-state index in [1.807, 2.05) is 6.07 Å². The highest BCUT2D eigenvalue weighted by Gasteiger charge is 2.26. The lowest BCUT2D eigenvalue weighted by Crippen LogP contribution is -2.12. The van der Waals surface area contributed by atoms with Gasteiger partial charge in [-0.05, 0) is 29.8 Å². The van der Waals surface area contributed by atoms with E-state index >= 15 is 0 Å². The molecule has 0 heterocycles. The molecule has 1 atom stereocenters. The Bertz CT molecular complexity index is 702. The molecule has 0 saturated carbocycles. The summed E-state index contributed by atoms with van der Waals surface area (Å²) in [5.74, 6) is -0.843. The van der Waals surface area contributed by atoms with Gasteiger partial charge < -0.3 is 4.74 Å². The fourth-order valence-electron chi connectivity index (χ4n) is 1.98. The third kappa shape index (κ3) is 3.18. The van der Waals surface area contributed by atoms with Crippen LogP contribution in [0, 0.1) is 11.3 Å². The number of halogens is 2. The Morgan fingerprint density at radius 3 is 2.38 bits per heavy atom. The predicted octanol–water partition coefficient (Wildman–Crippen LogP) is 4.49. The van der Waals surface area contributed by atoms with Crippen LogP contribution in [0.4, 0.5) is 0 Å². The van der Waals surface area contributed by atoms with Crippen LogP contribution in [0.25, 0.3) is 0 Å². The maximum atomic E-state index is 12.6. The van der Waals surface area contributed by atoms with E-state index in [0.717, 1.165) is 0 Å². The number of nitriles is 1. The van der Waals surface area contributed by atoms with Gasteiger partial charge in [0.25, 0.3) is 0 Å². The van der Waals surface area contributed by atoms with Crippen LogP contribution in [0.1, 0.15) is 21.8 Å². The molecule has 0 radical (unpaired) electrons. The zero-order valence-corrected chi connectivity index (χ0v) is 12.7. The average molecular weight is 320 g/mol. The minimum absolute atomic E-state index is 0.162. The van der Waals surface area contributed by atoms with E-state index in [-0.39, 0.29) is 15.6 Å². The first-order chi connectivity index (χ1) is 10.1. The lowest BCUT2D eigenvalue weighted by atomic mass is 9.91. The zero-order valence-electron chi connectivity index (χ0n) is 11.1. The van der Waals surface area contributed by atoms with Gasteiger partial charge in [0, 0.05) is 0 Å². The normalized spacial score (nSPS) is 11.5. The number of ketones is 1. The second kappa shape index (κ2) is 6.62. The Morgan fingerprint density at radius 1 is 1.19 bits per heavy atom. The molecule has 0 aliphatic rings. The highest BCUT2D eigenvalue weighted by molar-refractivity contribution is 6.40. The lowest BCUT2D eigenvalue weighted by molar-refractivity contribution is 0.0979. The number of carbonyl (C=O) groups is 1. The molecule has 5 heteroatoms. The third-order valence-corrected chi connectivity index (χ3v) is 3.66. The SMILES string of the molecule is COc1cccc(C(C#N)C(=O)c2c(Cl)cccc2Cl)c1. The predicted molar refractivity (Wildman–Crippen MR) is 82.1 cm³/mol. The molecule has 0 N–H and O–H groups in total. The molecule has 2 aromatic rings. The minimum atomic E-state index is -0.988. The Morgan fingerprint density at radius 2 is 1.81 bits per heavy atom. The Hall–Kier alpha value is -2.02. The van der Waals surface area contributed by atoms with Crippen molar-refractivity contribution in [2.75, 3.05) is 7.11 Å². The molecule has 0 bridgehead atoms. The number of nitrogens with zero attached hydrogens (tertiary/aromatic N) is 1. The van der Waals surface area contributed by atoms with E-state index < -0.39 is 11.7 Å². The van der Waals surface area contributed by atoms with Crippen molar-refractivity contribution in [1.82, 2.24) is 0 Å². The largest absolute Gasteiger partial charge is 0.497 e. The van der Waals surface area contributed by atoms with Crippen LogP contribution in [0.2, 0.25) is 10.0 Å². The Labute approximate surface area is 132 Å². The molecule has 0 amide bonds. The molecule has 2 aromatic carbocycles. The summed E-state index contributed by atoms with van der Waals surface area (Å²) in [5.41, 5.74) is 0.702. The van der Waals surface area contributed by atoms with Gasteiger partial charge in [-0.3, -0.25) is 4.79 Å². The van der Waals surface area contributed by atoms with Crippen molar-refractivity contribution in [1.29, 1.82) is 5.26 Å². The molecule has 21 heavy (non-hydrogen) atoms. The molecule has 106 valence electrons. The first kappa shape index (κ1) is 15.4. The average Bonchev–Trinajstić information content (AvgIpc) is 2.48. The Balaban J connectivity index is 2.46. The van der Waals surface area contributed by atoms with Crippen LogP contribution < -0.4 is 4.74 Å². The number of Topliss-reactive ketones (excluding diaryl/α,β-unsaturated/α-hetero) is 1. The van der Waals surface area contributed by atoms with Crippen molar-refractivity contribution in [3.63, 3.8) is 0 Å². The summed E-state index contributed by atoms with van der Waals surface area (Å²) in [6, 6.07) is 13.6. The van der Waals surface area contributed by atoms with Crippen molar-refractivity contribution in [2.45, 2.75) is 5.92 Å². The van der Waals surface area contributed by atoms with Crippen molar-refractivity contribution in [3.05, 3.63) is 63.6 Å². The van der Waals surface area contributed by atoms with Crippen molar-refractivity contribution >= 4 is 29.0 Å². The van der Waals surface area contributed by atoms with Crippen molar-refractivity contribution < 1.29 is 9.53 Å². The van der Waals surface area contributed by atoms with Crippen LogP contribution in [0.15, 0.2) is 42.5 Å². The van der Waals surface area contributed by atoms with E-state index in [1.54, 1.807) is 42.5 Å². The third-order valence-electron chi connectivity index (χ3n) is 3.03. The number of hydrogen-bond acceptors (Lipinski definition) is 3. The van der Waals surface area contributed by atoms with Crippen LogP contribution >= 0.6 is 23.2 Å². The number of methoxy groups -OCH3 is 1. The summed E-state index contributed by atoms with van der Waals surface area (Å²) >= 11 is 12.1. The van der Waals surface area contributed by atoms with Gasteiger partial charge in [0.2, 0.25) is 0 Å². The van der Waals surface area contributed by atoms with Gasteiger partial charge in [0.05, 0.1) is 28.8 Å². The molecule has 1 unspecified atom stereocenters. The first-order valence-corrected chi connectivity index (χ1v) is 6.86. The summed E-state index contributed by atoms with van der Waals surface area (Å²) in [6.07, 6.45) is 0. The topological polar surface area (TPSA) is 50.1 Å². The van der Waals surface area contributed by atoms with Gasteiger partial charge in [-0.2, -0.15) is 5.26 Å². The molecule has 0 aliphatic carbocycles. The summed E-state index contributed by atoms with van der Waals surface area (Å²) in [7, 11) is 1.52. The molecule has 0 aliphatic heterocycles. The molecule has 2 rings (SSSR count). The van der Waals surface area contributed by atoms with Crippen molar-refractivity contribution in [3.8, 4) is 11.8 Å². The Kier molecular flexibility index (Phi) is 4.85. The van der Waals surface area contributed by atoms with Gasteiger partial charge in [0.15, 0.2) is 5.78 Å². The van der Waals surface area contributed by atoms with Crippen LogP contribution in [0.5, 0.6) is 5.75 Å². The number of rotatable bonds is 4. The number of carbonyl (C=O) groups excluding carboxylic acids is 1. The summed E-state index contributed by atoms with van der Waals surface area (Å²) in [6.45, 7) is 0. The second-order valence-corrected chi connectivity index (χ2v) is 5.11. The van der Waals surface area contributed by atoms with E-state index in [9.17, 15) is 10.1 Å². The molecule has 0 spiro atoms. The second-order valence-electron chi connectivity index (χ2n) is 4.30. The van der Waals surface area contributed by atoms with E-state index in [0.29, 0.717) is 11.3 Å². The standard InChI is InChI=1S/C16H11Cl2NO2/c1-21-11-5-2-4-10(8-11)12(9-19)16(20)15-13(17)6-3-7-14(15)18/h2-8,12H,1H3. The fourth-order valence-corrected chi connectivity index (χ4v) is 2.57. The molecular formula is C16H11Cl2NO2. The first-order valence-electron chi connectivity index (χ1n) is 6.10. The minimum Gasteiger partial charge on any atom is -0.497 e. The van der Waals surface area contributed by atoms with Gasteiger partial charge in [0.1, 0.15) is 11.7 Å². The molecule has 0 aromatic heterocycles. The quantitative estimate of drug-likeness (QED) is 0.780. The smallest absolute Gasteiger partial charge is 0.187 e. The molecule has 0 fully saturated rings. The highest BCUT2D eigenvalue weighted by Crippen LogP contribution is 2.31. The van der Waals surface area contributed by atoms with Crippen LogP contribution in [-0.4, -0.2) is 12.9 Å². The van der Waals surface area contributed by atoms with E-state index in [1.165, 1.54) is 7.11 Å². The molecule has 0 saturated heterocycles. The number of ether oxygens (including phenoxy) is 1. The van der Waals surface area contributed by atoms with Gasteiger partial charge in [-0.1, -0.05) is 41.4 Å². The maximum Gasteiger partial charge on any atom is 0.187 e. The summed E-state index contributed by atoms with van der Waals surface area (Å²) < 4.78 is 5.11. The number of hydrogen-bond donors (Lipinski definition) is 0. The zero-order chi connectivity index (χ0) is 15.4. The van der Waals surface area contributed by atoms with Gasteiger partial charge in [-0.15, -0.1) is 0 Å².